The molecule has 0 bridgehead atoms. The second-order valence-electron chi connectivity index (χ2n) is 3.37. The summed E-state index contributed by atoms with van der Waals surface area (Å²) in [5.74, 6) is -0.279. The first-order valence-electron chi connectivity index (χ1n) is 5.20. The van der Waals surface area contributed by atoms with Gasteiger partial charge < -0.3 is 4.90 Å². The molecule has 1 amide bonds. The van der Waals surface area contributed by atoms with Gasteiger partial charge in [-0.05, 0) is 19.1 Å². The fraction of sp³-hybridized carbons (Fsp3) is 0.167. The van der Waals surface area contributed by atoms with Crippen molar-refractivity contribution in [1.82, 2.24) is 4.98 Å². The molecule has 0 N–H and O–H groups in total. The number of hydrogen-bond donors (Lipinski definition) is 0. The first-order valence-corrected chi connectivity index (χ1v) is 6.08. The number of anilines is 1. The Balaban J connectivity index is 2.28. The molecule has 0 aliphatic heterocycles. The van der Waals surface area contributed by atoms with E-state index in [4.69, 9.17) is 0 Å². The maximum Gasteiger partial charge on any atom is 0.277 e. The number of rotatable bonds is 3. The molecule has 17 heavy (non-hydrogen) atoms. The van der Waals surface area contributed by atoms with Gasteiger partial charge in [0, 0.05) is 17.6 Å². The van der Waals surface area contributed by atoms with Gasteiger partial charge in [0.15, 0.2) is 0 Å². The van der Waals surface area contributed by atoms with Gasteiger partial charge in [0.05, 0.1) is 0 Å². The van der Waals surface area contributed by atoms with Crippen molar-refractivity contribution in [3.63, 3.8) is 0 Å². The topological polar surface area (TPSA) is 33.2 Å². The van der Waals surface area contributed by atoms with E-state index in [9.17, 15) is 9.18 Å². The van der Waals surface area contributed by atoms with E-state index in [0.29, 0.717) is 6.54 Å². The number of nitrogens with zero attached hydrogens (tertiary/aromatic N) is 2. The second-order valence-corrected chi connectivity index (χ2v) is 4.18. The van der Waals surface area contributed by atoms with Crippen molar-refractivity contribution in [2.75, 3.05) is 11.4 Å². The van der Waals surface area contributed by atoms with Gasteiger partial charge in [-0.25, -0.2) is 4.98 Å². The molecule has 1 aromatic heterocycles. The van der Waals surface area contributed by atoms with Crippen LogP contribution < -0.4 is 4.90 Å². The van der Waals surface area contributed by atoms with Gasteiger partial charge in [-0.3, -0.25) is 4.79 Å². The maximum atomic E-state index is 12.8. The Hall–Kier alpha value is -1.75. The summed E-state index contributed by atoms with van der Waals surface area (Å²) in [5, 5.41) is 0.848. The number of carbonyl (C=O) groups excluding carboxylic acids is 1. The van der Waals surface area contributed by atoms with Crippen LogP contribution in [0.4, 0.5) is 10.1 Å². The number of halogens is 1. The zero-order valence-electron chi connectivity index (χ0n) is 9.26. The van der Waals surface area contributed by atoms with Crippen molar-refractivity contribution in [3.05, 3.63) is 46.7 Å². The van der Waals surface area contributed by atoms with Crippen molar-refractivity contribution < 1.29 is 9.18 Å². The average Bonchev–Trinajstić information content (AvgIpc) is 2.78. The van der Waals surface area contributed by atoms with E-state index >= 15 is 0 Å². The molecule has 2 aromatic rings. The molecule has 0 atom stereocenters. The van der Waals surface area contributed by atoms with Gasteiger partial charge in [0.25, 0.3) is 11.2 Å². The van der Waals surface area contributed by atoms with Crippen LogP contribution in [-0.2, 0) is 0 Å². The van der Waals surface area contributed by atoms with Crippen LogP contribution in [0, 0.1) is 5.26 Å². The Morgan fingerprint density at radius 3 is 2.65 bits per heavy atom. The lowest BCUT2D eigenvalue weighted by molar-refractivity contribution is 0.0983. The quantitative estimate of drug-likeness (QED) is 0.839. The molecule has 0 aliphatic rings. The van der Waals surface area contributed by atoms with Gasteiger partial charge >= 0.3 is 0 Å². The summed E-state index contributed by atoms with van der Waals surface area (Å²) in [6.45, 7) is 2.38. The number of para-hydroxylation sites is 1. The lowest BCUT2D eigenvalue weighted by Gasteiger charge is -2.19. The number of hydrogen-bond acceptors (Lipinski definition) is 3. The van der Waals surface area contributed by atoms with Crippen LogP contribution in [0.2, 0.25) is 0 Å². The van der Waals surface area contributed by atoms with Crippen LogP contribution in [0.15, 0.2) is 35.7 Å². The minimum atomic E-state index is -0.586. The molecular formula is C12H11FN2OS. The Labute approximate surface area is 103 Å². The summed E-state index contributed by atoms with van der Waals surface area (Å²) in [6.07, 6.45) is 0. The molecule has 0 radical (unpaired) electrons. The van der Waals surface area contributed by atoms with E-state index in [-0.39, 0.29) is 11.6 Å². The Bertz CT molecular complexity index is 512. The minimum absolute atomic E-state index is 0.151. The Morgan fingerprint density at radius 1 is 1.41 bits per heavy atom. The van der Waals surface area contributed by atoms with Crippen molar-refractivity contribution in [3.8, 4) is 0 Å². The van der Waals surface area contributed by atoms with Gasteiger partial charge in [-0.2, -0.15) is 4.39 Å². The largest absolute Gasteiger partial charge is 0.307 e. The van der Waals surface area contributed by atoms with Crippen LogP contribution >= 0.6 is 11.3 Å². The summed E-state index contributed by atoms with van der Waals surface area (Å²) in [5.41, 5.74) is 0.937. The summed E-state index contributed by atoms with van der Waals surface area (Å²) in [4.78, 5) is 17.2. The molecule has 2 rings (SSSR count). The highest BCUT2D eigenvalue weighted by atomic mass is 32.1. The van der Waals surface area contributed by atoms with Gasteiger partial charge in [-0.15, -0.1) is 0 Å². The SMILES string of the molecule is CCN(C(=O)c1csc(F)n1)c1ccccc1. The monoisotopic (exact) mass is 250 g/mol. The fourth-order valence-electron chi connectivity index (χ4n) is 1.54. The van der Waals surface area contributed by atoms with Crippen LogP contribution in [0.5, 0.6) is 0 Å². The Morgan fingerprint density at radius 2 is 2.12 bits per heavy atom. The molecule has 1 heterocycles. The smallest absolute Gasteiger partial charge is 0.277 e. The molecular weight excluding hydrogens is 239 g/mol. The third-order valence-electron chi connectivity index (χ3n) is 2.32. The molecule has 1 aromatic carbocycles. The van der Waals surface area contributed by atoms with Gasteiger partial charge in [0.2, 0.25) is 0 Å². The molecule has 0 saturated heterocycles. The number of carbonyl (C=O) groups is 1. The molecule has 0 spiro atoms. The van der Waals surface area contributed by atoms with Crippen LogP contribution in [0.25, 0.3) is 0 Å². The third kappa shape index (κ3) is 2.50. The summed E-state index contributed by atoms with van der Waals surface area (Å²) in [6, 6.07) is 9.26. The lowest BCUT2D eigenvalue weighted by atomic mass is 10.2. The van der Waals surface area contributed by atoms with Crippen molar-refractivity contribution in [1.29, 1.82) is 0 Å². The third-order valence-corrected chi connectivity index (χ3v) is 2.95. The lowest BCUT2D eigenvalue weighted by Crippen LogP contribution is -2.30. The first kappa shape index (κ1) is 11.7. The molecule has 0 aliphatic carbocycles. The summed E-state index contributed by atoms with van der Waals surface area (Å²) < 4.78 is 12.8. The number of aromatic nitrogens is 1. The van der Waals surface area contributed by atoms with E-state index in [0.717, 1.165) is 17.0 Å². The number of amides is 1. The predicted molar refractivity (Wildman–Crippen MR) is 65.9 cm³/mol. The van der Waals surface area contributed by atoms with E-state index in [1.165, 1.54) is 5.38 Å². The summed E-state index contributed by atoms with van der Waals surface area (Å²) >= 11 is 0.831. The molecule has 88 valence electrons. The van der Waals surface area contributed by atoms with Crippen molar-refractivity contribution in [2.24, 2.45) is 0 Å². The number of benzene rings is 1. The minimum Gasteiger partial charge on any atom is -0.307 e. The molecule has 0 fully saturated rings. The van der Waals surface area contributed by atoms with E-state index in [2.05, 4.69) is 4.98 Å². The standard InChI is InChI=1S/C12H11FN2OS/c1-2-15(9-6-4-3-5-7-9)11(16)10-8-17-12(13)14-10/h3-8H,2H2,1H3. The summed E-state index contributed by atoms with van der Waals surface area (Å²) in [7, 11) is 0. The van der Waals surface area contributed by atoms with Gasteiger partial charge in [-0.1, -0.05) is 29.5 Å². The highest BCUT2D eigenvalue weighted by Gasteiger charge is 2.18. The second kappa shape index (κ2) is 5.05. The average molecular weight is 250 g/mol. The van der Waals surface area contributed by atoms with Crippen molar-refractivity contribution in [2.45, 2.75) is 6.92 Å². The van der Waals surface area contributed by atoms with Gasteiger partial charge in [0.1, 0.15) is 5.69 Å². The fourth-order valence-corrected chi connectivity index (χ4v) is 2.05. The van der Waals surface area contributed by atoms with Crippen LogP contribution in [0.1, 0.15) is 17.4 Å². The molecule has 3 nitrogen and oxygen atoms in total. The first-order chi connectivity index (χ1) is 8.22. The molecule has 0 unspecified atom stereocenters. The molecule has 5 heteroatoms. The van der Waals surface area contributed by atoms with E-state index in [1.54, 1.807) is 4.90 Å². The zero-order chi connectivity index (χ0) is 12.3. The normalized spacial score (nSPS) is 10.2. The van der Waals surface area contributed by atoms with Crippen molar-refractivity contribution >= 4 is 22.9 Å². The van der Waals surface area contributed by atoms with Crippen LogP contribution in [-0.4, -0.2) is 17.4 Å². The maximum absolute atomic E-state index is 12.8. The van der Waals surface area contributed by atoms with E-state index < -0.39 is 5.26 Å². The highest BCUT2D eigenvalue weighted by Crippen LogP contribution is 2.17. The Kier molecular flexibility index (Phi) is 3.49. The van der Waals surface area contributed by atoms with E-state index in [1.807, 2.05) is 37.3 Å². The number of thiazole rings is 1. The van der Waals surface area contributed by atoms with Crippen LogP contribution in [0.3, 0.4) is 0 Å². The molecule has 0 saturated carbocycles. The predicted octanol–water partition coefficient (Wildman–Crippen LogP) is 2.95. The zero-order valence-corrected chi connectivity index (χ0v) is 10.1. The highest BCUT2D eigenvalue weighted by molar-refractivity contribution is 7.08.